The second-order valence-electron chi connectivity index (χ2n) is 5.60. The molecule has 0 N–H and O–H groups in total. The van der Waals surface area contributed by atoms with Gasteiger partial charge in [0.2, 0.25) is 0 Å². The van der Waals surface area contributed by atoms with Crippen LogP contribution in [0, 0.1) is 0 Å². The number of benzene rings is 1. The predicted octanol–water partition coefficient (Wildman–Crippen LogP) is 4.65. The molecule has 0 bridgehead atoms. The van der Waals surface area contributed by atoms with Crippen molar-refractivity contribution >= 4 is 11.9 Å². The van der Waals surface area contributed by atoms with E-state index >= 15 is 0 Å². The summed E-state index contributed by atoms with van der Waals surface area (Å²) < 4.78 is 48.3. The molecule has 0 aromatic heterocycles. The molecule has 1 rings (SSSR count). The Bertz CT molecular complexity index is 555. The summed E-state index contributed by atoms with van der Waals surface area (Å²) in [5, 5.41) is 0. The van der Waals surface area contributed by atoms with Crippen molar-refractivity contribution in [3.8, 4) is 0 Å². The smallest absolute Gasteiger partial charge is 0.416 e. The lowest BCUT2D eigenvalue weighted by Gasteiger charge is -2.12. The average Bonchev–Trinajstić information content (AvgIpc) is 2.56. The molecule has 4 nitrogen and oxygen atoms in total. The fourth-order valence-corrected chi connectivity index (χ4v) is 2.14. The van der Waals surface area contributed by atoms with Gasteiger partial charge in [-0.1, -0.05) is 38.0 Å². The summed E-state index contributed by atoms with van der Waals surface area (Å²) >= 11 is 0. The monoisotopic (exact) mass is 360 g/mol. The first kappa shape index (κ1) is 21.0. The number of halogens is 3. The minimum atomic E-state index is -4.50. The molecule has 0 saturated carbocycles. The molecule has 0 unspecified atom stereocenters. The Kier molecular flexibility index (Phi) is 9.02. The summed E-state index contributed by atoms with van der Waals surface area (Å²) in [5.41, 5.74) is -0.919. The molecule has 7 heteroatoms. The van der Waals surface area contributed by atoms with E-state index in [2.05, 4.69) is 0 Å². The van der Waals surface area contributed by atoms with E-state index in [1.807, 2.05) is 6.92 Å². The number of unbranched alkanes of at least 4 members (excludes halogenated alkanes) is 2. The van der Waals surface area contributed by atoms with Crippen LogP contribution in [0.3, 0.4) is 0 Å². The van der Waals surface area contributed by atoms with Gasteiger partial charge < -0.3 is 9.47 Å². The Balaban J connectivity index is 2.29. The topological polar surface area (TPSA) is 52.6 Å². The molecule has 1 aromatic rings. The summed E-state index contributed by atoms with van der Waals surface area (Å²) in [4.78, 5) is 23.0. The highest BCUT2D eigenvalue weighted by atomic mass is 19.4. The Morgan fingerprint density at radius 3 is 2.24 bits per heavy atom. The highest BCUT2D eigenvalue weighted by Crippen LogP contribution is 2.32. The standard InChI is InChI=1S/C18H23F3O4/c1-2-3-6-12-24-16(22)10-7-11-17(23)25-13-14-8-4-5-9-15(14)18(19,20)21/h4-5,8-9H,2-3,6-7,10-13H2,1H3. The van der Waals surface area contributed by atoms with E-state index in [0.29, 0.717) is 6.61 Å². The number of esters is 2. The largest absolute Gasteiger partial charge is 0.466 e. The van der Waals surface area contributed by atoms with Gasteiger partial charge in [-0.3, -0.25) is 9.59 Å². The van der Waals surface area contributed by atoms with Crippen LogP contribution < -0.4 is 0 Å². The van der Waals surface area contributed by atoms with Crippen molar-refractivity contribution in [3.63, 3.8) is 0 Å². The molecule has 0 heterocycles. The Labute approximate surface area is 145 Å². The van der Waals surface area contributed by atoms with Crippen molar-refractivity contribution in [2.45, 2.75) is 58.2 Å². The third-order valence-corrected chi connectivity index (χ3v) is 3.48. The number of hydrogen-bond acceptors (Lipinski definition) is 4. The second kappa shape index (κ2) is 10.7. The third-order valence-electron chi connectivity index (χ3n) is 3.48. The van der Waals surface area contributed by atoms with Crippen molar-refractivity contribution in [2.75, 3.05) is 6.61 Å². The Morgan fingerprint density at radius 2 is 1.60 bits per heavy atom. The average molecular weight is 360 g/mol. The van der Waals surface area contributed by atoms with Crippen LogP contribution in [-0.4, -0.2) is 18.5 Å². The summed E-state index contributed by atoms with van der Waals surface area (Å²) in [6, 6.07) is 4.94. The van der Waals surface area contributed by atoms with E-state index in [-0.39, 0.29) is 30.8 Å². The maximum atomic E-state index is 12.8. The number of alkyl halides is 3. The van der Waals surface area contributed by atoms with Gasteiger partial charge in [0.1, 0.15) is 6.61 Å². The minimum Gasteiger partial charge on any atom is -0.466 e. The second-order valence-corrected chi connectivity index (χ2v) is 5.60. The van der Waals surface area contributed by atoms with Gasteiger partial charge in [0.15, 0.2) is 0 Å². The number of carbonyl (C=O) groups excluding carboxylic acids is 2. The van der Waals surface area contributed by atoms with Gasteiger partial charge >= 0.3 is 18.1 Å². The van der Waals surface area contributed by atoms with E-state index in [1.54, 1.807) is 0 Å². The Hall–Kier alpha value is -2.05. The molecule has 0 radical (unpaired) electrons. The van der Waals surface area contributed by atoms with E-state index < -0.39 is 24.3 Å². The van der Waals surface area contributed by atoms with Gasteiger partial charge in [0.25, 0.3) is 0 Å². The van der Waals surface area contributed by atoms with Gasteiger partial charge in [-0.05, 0) is 18.9 Å². The van der Waals surface area contributed by atoms with Gasteiger partial charge in [0.05, 0.1) is 12.2 Å². The van der Waals surface area contributed by atoms with E-state index in [9.17, 15) is 22.8 Å². The highest BCUT2D eigenvalue weighted by molar-refractivity contribution is 5.72. The maximum absolute atomic E-state index is 12.8. The first-order valence-corrected chi connectivity index (χ1v) is 8.31. The minimum absolute atomic E-state index is 0.0434. The first-order valence-electron chi connectivity index (χ1n) is 8.31. The van der Waals surface area contributed by atoms with E-state index in [4.69, 9.17) is 9.47 Å². The zero-order chi connectivity index (χ0) is 18.7. The van der Waals surface area contributed by atoms with Crippen LogP contribution >= 0.6 is 0 Å². The molecule has 0 saturated heterocycles. The van der Waals surface area contributed by atoms with Crippen LogP contribution in [0.4, 0.5) is 13.2 Å². The van der Waals surface area contributed by atoms with Crippen molar-refractivity contribution in [3.05, 3.63) is 35.4 Å². The van der Waals surface area contributed by atoms with E-state index in [1.165, 1.54) is 18.2 Å². The summed E-state index contributed by atoms with van der Waals surface area (Å²) in [6.07, 6.45) is -1.39. The van der Waals surface area contributed by atoms with Crippen LogP contribution in [-0.2, 0) is 31.8 Å². The molecule has 1 aromatic carbocycles. The van der Waals surface area contributed by atoms with Crippen molar-refractivity contribution in [1.29, 1.82) is 0 Å². The molecule has 0 fully saturated rings. The fraction of sp³-hybridized carbons (Fsp3) is 0.556. The zero-order valence-electron chi connectivity index (χ0n) is 14.2. The van der Waals surface area contributed by atoms with Gasteiger partial charge in [-0.25, -0.2) is 0 Å². The van der Waals surface area contributed by atoms with Crippen LogP contribution in [0.1, 0.15) is 56.6 Å². The molecule has 0 amide bonds. The van der Waals surface area contributed by atoms with Crippen LogP contribution in [0.5, 0.6) is 0 Å². The Morgan fingerprint density at radius 1 is 0.960 bits per heavy atom. The lowest BCUT2D eigenvalue weighted by Crippen LogP contribution is -2.12. The number of rotatable bonds is 10. The van der Waals surface area contributed by atoms with Gasteiger partial charge in [-0.15, -0.1) is 0 Å². The summed E-state index contributed by atoms with van der Waals surface area (Å²) in [6.45, 7) is 1.96. The molecule has 0 aliphatic carbocycles. The number of carbonyl (C=O) groups is 2. The quantitative estimate of drug-likeness (QED) is 0.450. The molecule has 0 aliphatic heterocycles. The maximum Gasteiger partial charge on any atom is 0.416 e. The normalized spacial score (nSPS) is 11.2. The fourth-order valence-electron chi connectivity index (χ4n) is 2.14. The lowest BCUT2D eigenvalue weighted by molar-refractivity contribution is -0.148. The lowest BCUT2D eigenvalue weighted by atomic mass is 10.1. The van der Waals surface area contributed by atoms with Crippen LogP contribution in [0.25, 0.3) is 0 Å². The van der Waals surface area contributed by atoms with E-state index in [0.717, 1.165) is 25.3 Å². The van der Waals surface area contributed by atoms with Crippen molar-refractivity contribution in [2.24, 2.45) is 0 Å². The van der Waals surface area contributed by atoms with Gasteiger partial charge in [0, 0.05) is 18.4 Å². The SMILES string of the molecule is CCCCCOC(=O)CCCC(=O)OCc1ccccc1C(F)(F)F. The molecule has 0 aliphatic rings. The van der Waals surface area contributed by atoms with Crippen LogP contribution in [0.2, 0.25) is 0 Å². The highest BCUT2D eigenvalue weighted by Gasteiger charge is 2.33. The number of hydrogen-bond donors (Lipinski definition) is 0. The molecule has 140 valence electrons. The number of ether oxygens (including phenoxy) is 2. The van der Waals surface area contributed by atoms with Gasteiger partial charge in [-0.2, -0.15) is 13.2 Å². The third kappa shape index (κ3) is 8.56. The molecular formula is C18H23F3O4. The predicted molar refractivity (Wildman–Crippen MR) is 85.6 cm³/mol. The van der Waals surface area contributed by atoms with Crippen molar-refractivity contribution < 1.29 is 32.2 Å². The first-order chi connectivity index (χ1) is 11.8. The molecular weight excluding hydrogens is 337 g/mol. The van der Waals surface area contributed by atoms with Crippen molar-refractivity contribution in [1.82, 2.24) is 0 Å². The van der Waals surface area contributed by atoms with Crippen LogP contribution in [0.15, 0.2) is 24.3 Å². The molecule has 0 spiro atoms. The zero-order valence-corrected chi connectivity index (χ0v) is 14.2. The molecule has 25 heavy (non-hydrogen) atoms. The summed E-state index contributed by atoms with van der Waals surface area (Å²) in [5.74, 6) is -1.03. The summed E-state index contributed by atoms with van der Waals surface area (Å²) in [7, 11) is 0. The molecule has 0 atom stereocenters.